The van der Waals surface area contributed by atoms with Gasteiger partial charge in [0.2, 0.25) is 5.88 Å². The molecule has 2 fully saturated rings. The van der Waals surface area contributed by atoms with Crippen LogP contribution in [0.4, 0.5) is 0 Å². The average Bonchev–Trinajstić information content (AvgIpc) is 3.84. The summed E-state index contributed by atoms with van der Waals surface area (Å²) in [6.07, 6.45) is 17.2. The number of aromatic hydroxyl groups is 1. The monoisotopic (exact) mass is 513 g/mol. The number of aromatic nitrogens is 2. The van der Waals surface area contributed by atoms with Crippen LogP contribution in [0.1, 0.15) is 83.2 Å². The number of imidazole rings is 1. The lowest BCUT2D eigenvalue weighted by molar-refractivity contribution is 0.454. The SMILES string of the molecule is C=C=C(C=C(CC(=C)C(=C)/C(C=N)=C\c1[nH]c(=O)[nH]c1O)C(CC)CCC1CC1)CCC(=C=C)CC1CC1. The van der Waals surface area contributed by atoms with Crippen LogP contribution in [0.2, 0.25) is 0 Å². The van der Waals surface area contributed by atoms with Gasteiger partial charge < -0.3 is 15.5 Å². The van der Waals surface area contributed by atoms with Gasteiger partial charge >= 0.3 is 5.69 Å². The molecule has 2 aliphatic carbocycles. The van der Waals surface area contributed by atoms with Crippen molar-refractivity contribution in [2.45, 2.75) is 77.6 Å². The van der Waals surface area contributed by atoms with Gasteiger partial charge in [-0.05, 0) is 104 Å². The van der Waals surface area contributed by atoms with Crippen molar-refractivity contribution in [1.29, 1.82) is 5.41 Å². The fourth-order valence-corrected chi connectivity index (χ4v) is 4.88. The summed E-state index contributed by atoms with van der Waals surface area (Å²) in [6, 6.07) is 0. The zero-order valence-corrected chi connectivity index (χ0v) is 22.9. The second-order valence-electron chi connectivity index (χ2n) is 10.8. The highest BCUT2D eigenvalue weighted by atomic mass is 16.3. The van der Waals surface area contributed by atoms with Crippen LogP contribution in [0.3, 0.4) is 0 Å². The molecule has 38 heavy (non-hydrogen) atoms. The normalized spacial score (nSPS) is 16.3. The molecular formula is C33H43N3O2. The van der Waals surface area contributed by atoms with Crippen molar-refractivity contribution in [1.82, 2.24) is 9.97 Å². The maximum absolute atomic E-state index is 11.5. The Bertz CT molecular complexity index is 1260. The van der Waals surface area contributed by atoms with Crippen molar-refractivity contribution >= 4 is 12.3 Å². The third-order valence-electron chi connectivity index (χ3n) is 7.79. The molecule has 0 aromatic carbocycles. The predicted octanol–water partition coefficient (Wildman–Crippen LogP) is 8.09. The first-order valence-electron chi connectivity index (χ1n) is 13.9. The highest BCUT2D eigenvalue weighted by Crippen LogP contribution is 2.39. The molecule has 4 N–H and O–H groups in total. The van der Waals surface area contributed by atoms with Gasteiger partial charge in [-0.2, -0.15) is 0 Å². The van der Waals surface area contributed by atoms with Gasteiger partial charge in [0.15, 0.2) is 0 Å². The van der Waals surface area contributed by atoms with Gasteiger partial charge in [-0.3, -0.25) is 4.98 Å². The maximum Gasteiger partial charge on any atom is 0.326 e. The molecule has 0 spiro atoms. The smallest absolute Gasteiger partial charge is 0.326 e. The van der Waals surface area contributed by atoms with Gasteiger partial charge in [-0.15, -0.1) is 11.5 Å². The highest BCUT2D eigenvalue weighted by Gasteiger charge is 2.25. The predicted molar refractivity (Wildman–Crippen MR) is 158 cm³/mol. The summed E-state index contributed by atoms with van der Waals surface area (Å²) >= 11 is 0. The Balaban J connectivity index is 1.80. The van der Waals surface area contributed by atoms with Crippen LogP contribution in [0.15, 0.2) is 82.1 Å². The minimum atomic E-state index is -0.510. The summed E-state index contributed by atoms with van der Waals surface area (Å²) in [4.78, 5) is 16.3. The molecule has 1 aromatic heterocycles. The summed E-state index contributed by atoms with van der Waals surface area (Å²) < 4.78 is 0. The topological polar surface area (TPSA) is 92.7 Å². The van der Waals surface area contributed by atoms with Crippen molar-refractivity contribution in [2.24, 2.45) is 17.8 Å². The van der Waals surface area contributed by atoms with Gasteiger partial charge in [-0.25, -0.2) is 4.79 Å². The lowest BCUT2D eigenvalue weighted by Gasteiger charge is -2.22. The Morgan fingerprint density at radius 2 is 1.84 bits per heavy atom. The molecule has 1 aromatic rings. The van der Waals surface area contributed by atoms with Crippen LogP contribution in [0, 0.1) is 23.2 Å². The number of nitrogens with one attached hydrogen (secondary N) is 3. The third-order valence-corrected chi connectivity index (χ3v) is 7.79. The summed E-state index contributed by atoms with van der Waals surface area (Å²) in [5, 5.41) is 17.9. The van der Waals surface area contributed by atoms with E-state index in [0.29, 0.717) is 23.5 Å². The molecule has 1 unspecified atom stereocenters. The van der Waals surface area contributed by atoms with Gasteiger partial charge in [0.1, 0.15) is 5.69 Å². The first-order chi connectivity index (χ1) is 18.3. The third kappa shape index (κ3) is 8.80. The van der Waals surface area contributed by atoms with Crippen molar-refractivity contribution in [3.8, 4) is 5.88 Å². The number of H-pyrrole nitrogens is 2. The number of aromatic amines is 2. The van der Waals surface area contributed by atoms with E-state index < -0.39 is 5.69 Å². The molecule has 1 heterocycles. The van der Waals surface area contributed by atoms with Crippen LogP contribution in [0.25, 0.3) is 6.08 Å². The van der Waals surface area contributed by atoms with Crippen molar-refractivity contribution in [3.05, 3.63) is 93.5 Å². The lowest BCUT2D eigenvalue weighted by Crippen LogP contribution is -2.07. The molecular weight excluding hydrogens is 470 g/mol. The van der Waals surface area contributed by atoms with Gasteiger partial charge in [0.25, 0.3) is 0 Å². The van der Waals surface area contributed by atoms with Gasteiger partial charge in [0, 0.05) is 11.8 Å². The largest absolute Gasteiger partial charge is 0.493 e. The Kier molecular flexibility index (Phi) is 10.6. The average molecular weight is 514 g/mol. The van der Waals surface area contributed by atoms with Crippen LogP contribution >= 0.6 is 0 Å². The fourth-order valence-electron chi connectivity index (χ4n) is 4.88. The quantitative estimate of drug-likeness (QED) is 0.0962. The summed E-state index contributed by atoms with van der Waals surface area (Å²) in [7, 11) is 0. The van der Waals surface area contributed by atoms with Crippen LogP contribution in [-0.4, -0.2) is 21.3 Å². The first kappa shape index (κ1) is 29.0. The minimum absolute atomic E-state index is 0.211. The number of hydrogen-bond acceptors (Lipinski definition) is 3. The molecule has 0 aliphatic heterocycles. The van der Waals surface area contributed by atoms with E-state index in [1.807, 2.05) is 0 Å². The maximum atomic E-state index is 11.5. The molecule has 3 rings (SSSR count). The van der Waals surface area contributed by atoms with E-state index in [9.17, 15) is 9.90 Å². The second-order valence-corrected chi connectivity index (χ2v) is 10.8. The lowest BCUT2D eigenvalue weighted by atomic mass is 9.83. The van der Waals surface area contributed by atoms with Crippen LogP contribution < -0.4 is 5.69 Å². The summed E-state index contributed by atoms with van der Waals surface area (Å²) in [5.74, 6) is 1.82. The number of hydrogen-bond donors (Lipinski definition) is 4. The highest BCUT2D eigenvalue weighted by molar-refractivity contribution is 5.91. The van der Waals surface area contributed by atoms with E-state index in [2.05, 4.69) is 60.7 Å². The van der Waals surface area contributed by atoms with E-state index in [1.54, 1.807) is 6.08 Å². The second kappa shape index (κ2) is 13.9. The standard InChI is InChI=1S/C33H43N3O2/c1-6-24(18-27-13-14-27)9-10-25(7-2)19-29(28(8-3)16-15-26-11-12-26)17-22(4)23(5)30(21-34)20-31-32(37)36-33(38)35-31/h19-21,26-28,34,37H,1-2,4-5,8-18H2,3H3,(H2,35,36,38)/b29-19?,30-20-,34-21?. The van der Waals surface area contributed by atoms with E-state index in [-0.39, 0.29) is 11.6 Å². The number of rotatable bonds is 17. The zero-order valence-electron chi connectivity index (χ0n) is 22.9. The molecule has 0 amide bonds. The molecule has 2 aliphatic rings. The Morgan fingerprint density at radius 1 is 1.13 bits per heavy atom. The fraction of sp³-hybridized carbons (Fsp3) is 0.455. The molecule has 0 saturated heterocycles. The number of allylic oxidation sites excluding steroid dienone is 7. The summed E-state index contributed by atoms with van der Waals surface area (Å²) in [5.41, 5.74) is 11.6. The van der Waals surface area contributed by atoms with E-state index in [0.717, 1.165) is 55.1 Å². The Labute approximate surface area is 227 Å². The molecule has 2 saturated carbocycles. The molecule has 0 bridgehead atoms. The van der Waals surface area contributed by atoms with Crippen LogP contribution in [-0.2, 0) is 0 Å². The van der Waals surface area contributed by atoms with Crippen molar-refractivity contribution in [2.75, 3.05) is 0 Å². The Morgan fingerprint density at radius 3 is 2.37 bits per heavy atom. The first-order valence-corrected chi connectivity index (χ1v) is 13.9. The molecule has 5 heteroatoms. The van der Waals surface area contributed by atoms with Gasteiger partial charge in [-0.1, -0.05) is 57.7 Å². The summed E-state index contributed by atoms with van der Waals surface area (Å²) in [6.45, 7) is 18.7. The van der Waals surface area contributed by atoms with Gasteiger partial charge in [0.05, 0.1) is 0 Å². The van der Waals surface area contributed by atoms with E-state index in [1.165, 1.54) is 49.5 Å². The molecule has 0 radical (unpaired) electrons. The van der Waals surface area contributed by atoms with Crippen LogP contribution in [0.5, 0.6) is 5.88 Å². The zero-order chi connectivity index (χ0) is 27.7. The van der Waals surface area contributed by atoms with E-state index >= 15 is 0 Å². The minimum Gasteiger partial charge on any atom is -0.493 e. The Hall–Kier alpha value is -3.52. The van der Waals surface area contributed by atoms with Crippen molar-refractivity contribution < 1.29 is 5.11 Å². The van der Waals surface area contributed by atoms with Crippen molar-refractivity contribution in [3.63, 3.8) is 0 Å². The molecule has 5 nitrogen and oxygen atoms in total. The molecule has 202 valence electrons. The molecule has 1 atom stereocenters. The van der Waals surface area contributed by atoms with E-state index in [4.69, 9.17) is 5.41 Å².